The van der Waals surface area contributed by atoms with Crippen LogP contribution in [0.3, 0.4) is 0 Å². The maximum absolute atomic E-state index is 12.5. The van der Waals surface area contributed by atoms with Crippen LogP contribution in [0.25, 0.3) is 0 Å². The van der Waals surface area contributed by atoms with Crippen LogP contribution in [-0.4, -0.2) is 46.6 Å². The van der Waals surface area contributed by atoms with Crippen LogP contribution in [0, 0.1) is 11.8 Å². The average Bonchev–Trinajstić information content (AvgIpc) is 3.05. The van der Waals surface area contributed by atoms with Gasteiger partial charge in [0.05, 0.1) is 18.1 Å². The molecule has 0 spiro atoms. The van der Waals surface area contributed by atoms with Crippen molar-refractivity contribution in [2.75, 3.05) is 13.2 Å². The van der Waals surface area contributed by atoms with E-state index in [1.807, 2.05) is 11.8 Å². The maximum Gasteiger partial charge on any atom is 0.225 e. The van der Waals surface area contributed by atoms with Crippen molar-refractivity contribution in [3.05, 3.63) is 0 Å². The predicted octanol–water partition coefficient (Wildman–Crippen LogP) is 1.05. The summed E-state index contributed by atoms with van der Waals surface area (Å²) in [6.07, 6.45) is 7.00. The summed E-state index contributed by atoms with van der Waals surface area (Å²) in [5, 5.41) is 12.6. The molecule has 2 unspecified atom stereocenters. The van der Waals surface area contributed by atoms with Gasteiger partial charge in [-0.15, -0.1) is 0 Å². The second-order valence-corrected chi connectivity index (χ2v) is 7.22. The fraction of sp³-hybridized carbons (Fsp3) is 0.875. The van der Waals surface area contributed by atoms with Crippen LogP contribution in [0.1, 0.15) is 51.9 Å². The highest BCUT2D eigenvalue weighted by atomic mass is 16.3. The Bertz CT molecular complexity index is 429. The standard InChI is InChI=1S/C16H26N2O3/c1-16(10-19,12-6-7-12)17-15(21)11-8-14(20)18(9-11)13-4-2-3-5-13/h11-13,19H,2-10H2,1H3,(H,17,21). The van der Waals surface area contributed by atoms with Crippen LogP contribution in [0.4, 0.5) is 0 Å². The molecule has 5 heteroatoms. The quantitative estimate of drug-likeness (QED) is 0.796. The zero-order chi connectivity index (χ0) is 15.0. The Morgan fingerprint density at radius 3 is 2.57 bits per heavy atom. The Kier molecular flexibility index (Phi) is 3.95. The Labute approximate surface area is 126 Å². The Morgan fingerprint density at radius 1 is 1.33 bits per heavy atom. The summed E-state index contributed by atoms with van der Waals surface area (Å²) < 4.78 is 0. The molecular formula is C16H26N2O3. The van der Waals surface area contributed by atoms with Gasteiger partial charge in [0.15, 0.2) is 0 Å². The molecule has 118 valence electrons. The van der Waals surface area contributed by atoms with Crippen LogP contribution in [0.2, 0.25) is 0 Å². The molecule has 2 aliphatic carbocycles. The maximum atomic E-state index is 12.5. The summed E-state index contributed by atoms with van der Waals surface area (Å²) in [6, 6.07) is 0.350. The van der Waals surface area contributed by atoms with Crippen molar-refractivity contribution in [2.24, 2.45) is 11.8 Å². The Balaban J connectivity index is 1.59. The van der Waals surface area contributed by atoms with E-state index in [4.69, 9.17) is 0 Å². The van der Waals surface area contributed by atoms with Crippen molar-refractivity contribution >= 4 is 11.8 Å². The number of nitrogens with zero attached hydrogens (tertiary/aromatic N) is 1. The van der Waals surface area contributed by atoms with Crippen molar-refractivity contribution in [3.63, 3.8) is 0 Å². The molecule has 2 N–H and O–H groups in total. The highest BCUT2D eigenvalue weighted by Gasteiger charge is 2.45. The molecule has 2 atom stereocenters. The summed E-state index contributed by atoms with van der Waals surface area (Å²) in [4.78, 5) is 26.5. The summed E-state index contributed by atoms with van der Waals surface area (Å²) in [7, 11) is 0. The third kappa shape index (κ3) is 2.93. The Morgan fingerprint density at radius 2 is 2.00 bits per heavy atom. The second-order valence-electron chi connectivity index (χ2n) is 7.22. The highest BCUT2D eigenvalue weighted by Crippen LogP contribution is 2.39. The zero-order valence-electron chi connectivity index (χ0n) is 12.8. The number of aliphatic hydroxyl groups is 1. The minimum absolute atomic E-state index is 0.0313. The molecule has 0 radical (unpaired) electrons. The van der Waals surface area contributed by atoms with E-state index in [0.29, 0.717) is 24.9 Å². The number of likely N-dealkylation sites (tertiary alicyclic amines) is 1. The highest BCUT2D eigenvalue weighted by molar-refractivity contribution is 5.89. The van der Waals surface area contributed by atoms with Gasteiger partial charge in [-0.25, -0.2) is 0 Å². The van der Waals surface area contributed by atoms with Crippen LogP contribution in [-0.2, 0) is 9.59 Å². The van der Waals surface area contributed by atoms with Crippen LogP contribution in [0.15, 0.2) is 0 Å². The summed E-state index contributed by atoms with van der Waals surface area (Å²) in [6.45, 7) is 2.44. The van der Waals surface area contributed by atoms with Crippen molar-refractivity contribution in [3.8, 4) is 0 Å². The van der Waals surface area contributed by atoms with Gasteiger partial charge in [-0.2, -0.15) is 0 Å². The number of carbonyl (C=O) groups is 2. The first-order chi connectivity index (χ1) is 10.0. The lowest BCUT2D eigenvalue weighted by Crippen LogP contribution is -2.53. The van der Waals surface area contributed by atoms with Crippen LogP contribution in [0.5, 0.6) is 0 Å². The number of nitrogens with one attached hydrogen (secondary N) is 1. The van der Waals surface area contributed by atoms with Crippen molar-refractivity contribution in [2.45, 2.75) is 63.5 Å². The largest absolute Gasteiger partial charge is 0.394 e. The van der Waals surface area contributed by atoms with Crippen LogP contribution >= 0.6 is 0 Å². The minimum Gasteiger partial charge on any atom is -0.394 e. The van der Waals surface area contributed by atoms with E-state index in [0.717, 1.165) is 25.7 Å². The van der Waals surface area contributed by atoms with E-state index in [2.05, 4.69) is 5.32 Å². The van der Waals surface area contributed by atoms with Gasteiger partial charge < -0.3 is 15.3 Å². The predicted molar refractivity (Wildman–Crippen MR) is 78.4 cm³/mol. The van der Waals surface area contributed by atoms with Gasteiger partial charge in [-0.3, -0.25) is 9.59 Å². The van der Waals surface area contributed by atoms with E-state index >= 15 is 0 Å². The summed E-state index contributed by atoms with van der Waals surface area (Å²) >= 11 is 0. The second kappa shape index (κ2) is 5.59. The molecule has 0 aromatic heterocycles. The lowest BCUT2D eigenvalue weighted by molar-refractivity contribution is -0.130. The molecule has 0 aromatic rings. The first kappa shape index (κ1) is 14.8. The van der Waals surface area contributed by atoms with Crippen molar-refractivity contribution in [1.82, 2.24) is 10.2 Å². The van der Waals surface area contributed by atoms with E-state index in [1.165, 1.54) is 12.8 Å². The van der Waals surface area contributed by atoms with E-state index < -0.39 is 5.54 Å². The molecule has 1 saturated heterocycles. The molecule has 3 fully saturated rings. The number of rotatable bonds is 5. The van der Waals surface area contributed by atoms with Crippen LogP contribution < -0.4 is 5.32 Å². The zero-order valence-corrected chi connectivity index (χ0v) is 12.8. The third-order valence-electron chi connectivity index (χ3n) is 5.51. The SMILES string of the molecule is CC(CO)(NC(=O)C1CC(=O)N(C2CCCC2)C1)C1CC1. The van der Waals surface area contributed by atoms with Gasteiger partial charge in [0, 0.05) is 19.0 Å². The van der Waals surface area contributed by atoms with Crippen molar-refractivity contribution < 1.29 is 14.7 Å². The number of aliphatic hydroxyl groups excluding tert-OH is 1. The molecule has 5 nitrogen and oxygen atoms in total. The molecule has 21 heavy (non-hydrogen) atoms. The minimum atomic E-state index is -0.513. The molecule has 2 amide bonds. The van der Waals surface area contributed by atoms with Gasteiger partial charge in [0.2, 0.25) is 11.8 Å². The molecule has 1 aliphatic heterocycles. The molecule has 3 aliphatic rings. The van der Waals surface area contributed by atoms with Gasteiger partial charge in [0.1, 0.15) is 0 Å². The number of hydrogen-bond acceptors (Lipinski definition) is 3. The molecule has 3 rings (SSSR count). The van der Waals surface area contributed by atoms with Gasteiger partial charge in [-0.1, -0.05) is 12.8 Å². The summed E-state index contributed by atoms with van der Waals surface area (Å²) in [5.74, 6) is 0.198. The van der Waals surface area contributed by atoms with Gasteiger partial charge in [-0.05, 0) is 38.5 Å². The molecule has 0 bridgehead atoms. The average molecular weight is 294 g/mol. The first-order valence-electron chi connectivity index (χ1n) is 8.26. The molecule has 2 saturated carbocycles. The molecule has 1 heterocycles. The summed E-state index contributed by atoms with van der Waals surface area (Å²) in [5.41, 5.74) is -0.513. The van der Waals surface area contributed by atoms with E-state index in [9.17, 15) is 14.7 Å². The number of carbonyl (C=O) groups excluding carboxylic acids is 2. The monoisotopic (exact) mass is 294 g/mol. The topological polar surface area (TPSA) is 69.6 Å². The first-order valence-corrected chi connectivity index (χ1v) is 8.26. The molecular weight excluding hydrogens is 268 g/mol. The Hall–Kier alpha value is -1.10. The molecule has 0 aromatic carbocycles. The van der Waals surface area contributed by atoms with E-state index in [-0.39, 0.29) is 24.3 Å². The smallest absolute Gasteiger partial charge is 0.225 e. The van der Waals surface area contributed by atoms with E-state index in [1.54, 1.807) is 0 Å². The number of hydrogen-bond donors (Lipinski definition) is 2. The van der Waals surface area contributed by atoms with Gasteiger partial charge >= 0.3 is 0 Å². The third-order valence-corrected chi connectivity index (χ3v) is 5.51. The lowest BCUT2D eigenvalue weighted by Gasteiger charge is -2.30. The normalized spacial score (nSPS) is 29.7. The number of amides is 2. The van der Waals surface area contributed by atoms with Gasteiger partial charge in [0.25, 0.3) is 0 Å². The lowest BCUT2D eigenvalue weighted by atomic mass is 9.95. The van der Waals surface area contributed by atoms with Crippen molar-refractivity contribution in [1.29, 1.82) is 0 Å². The fourth-order valence-corrected chi connectivity index (χ4v) is 3.85. The fourth-order valence-electron chi connectivity index (χ4n) is 3.85.